The summed E-state index contributed by atoms with van der Waals surface area (Å²) in [5.74, 6) is -3.63. The molecule has 8 N–H and O–H groups in total. The van der Waals surface area contributed by atoms with Gasteiger partial charge in [0, 0.05) is 6.42 Å². The van der Waals surface area contributed by atoms with Crippen molar-refractivity contribution >= 4 is 29.6 Å². The Morgan fingerprint density at radius 2 is 1.32 bits per heavy atom. The maximum absolute atomic E-state index is 12.1. The number of primary amides is 1. The van der Waals surface area contributed by atoms with Crippen molar-refractivity contribution in [2.75, 3.05) is 0 Å². The number of amides is 4. The Morgan fingerprint density at radius 3 is 1.75 bits per heavy atom. The summed E-state index contributed by atoms with van der Waals surface area (Å²) in [6, 6.07) is -4.07. The van der Waals surface area contributed by atoms with E-state index in [1.54, 1.807) is 0 Å². The van der Waals surface area contributed by atoms with E-state index in [1.165, 1.54) is 13.8 Å². The second-order valence-electron chi connectivity index (χ2n) is 7.10. The lowest BCUT2D eigenvalue weighted by Crippen LogP contribution is -2.55. The highest BCUT2D eigenvalue weighted by Gasteiger charge is 2.26. The molecule has 160 valence electrons. The van der Waals surface area contributed by atoms with Crippen LogP contribution in [0.25, 0.3) is 0 Å². The topological polar surface area (TPSA) is 194 Å². The molecule has 0 aromatic rings. The summed E-state index contributed by atoms with van der Waals surface area (Å²) in [5.41, 5.74) is 10.6. The first-order valence-electron chi connectivity index (χ1n) is 9.02. The number of carboxylic acid groups (broad SMARTS) is 1. The zero-order valence-corrected chi connectivity index (χ0v) is 16.7. The molecule has 4 amide bonds. The molecular formula is C17H31N5O6. The van der Waals surface area contributed by atoms with Gasteiger partial charge in [-0.1, -0.05) is 13.8 Å². The maximum Gasteiger partial charge on any atom is 0.326 e. The molecule has 0 radical (unpaired) electrons. The van der Waals surface area contributed by atoms with Gasteiger partial charge in [-0.2, -0.15) is 0 Å². The van der Waals surface area contributed by atoms with Gasteiger partial charge in [-0.05, 0) is 32.6 Å². The molecule has 0 spiro atoms. The predicted molar refractivity (Wildman–Crippen MR) is 101 cm³/mol. The molecule has 0 rings (SSSR count). The Morgan fingerprint density at radius 1 is 0.857 bits per heavy atom. The highest BCUT2D eigenvalue weighted by Crippen LogP contribution is 2.05. The van der Waals surface area contributed by atoms with Crippen LogP contribution in [-0.2, 0) is 24.0 Å². The van der Waals surface area contributed by atoms with Crippen LogP contribution in [0.5, 0.6) is 0 Å². The zero-order valence-electron chi connectivity index (χ0n) is 16.7. The number of aliphatic carboxylic acids is 1. The normalized spacial score (nSPS) is 15.1. The number of carbonyl (C=O) groups excluding carboxylic acids is 4. The monoisotopic (exact) mass is 401 g/mol. The third-order valence-electron chi connectivity index (χ3n) is 3.86. The number of nitrogens with two attached hydrogens (primary N) is 2. The van der Waals surface area contributed by atoms with Crippen LogP contribution < -0.4 is 27.4 Å². The molecule has 11 nitrogen and oxygen atoms in total. The van der Waals surface area contributed by atoms with E-state index in [2.05, 4.69) is 16.0 Å². The summed E-state index contributed by atoms with van der Waals surface area (Å²) in [6.07, 6.45) is 0.228. The predicted octanol–water partition coefficient (Wildman–Crippen LogP) is -1.80. The van der Waals surface area contributed by atoms with Gasteiger partial charge < -0.3 is 32.5 Å². The fraction of sp³-hybridized carbons (Fsp3) is 0.706. The largest absolute Gasteiger partial charge is 0.480 e. The minimum absolute atomic E-state index is 0.0424. The van der Waals surface area contributed by atoms with Gasteiger partial charge >= 0.3 is 5.97 Å². The Kier molecular flexibility index (Phi) is 10.8. The molecule has 0 aliphatic rings. The van der Waals surface area contributed by atoms with Crippen molar-refractivity contribution in [3.63, 3.8) is 0 Å². The summed E-state index contributed by atoms with van der Waals surface area (Å²) in [5, 5.41) is 16.3. The quantitative estimate of drug-likeness (QED) is 0.222. The van der Waals surface area contributed by atoms with Gasteiger partial charge in [0.1, 0.15) is 18.1 Å². The van der Waals surface area contributed by atoms with E-state index in [0.717, 1.165) is 0 Å². The molecule has 0 heterocycles. The van der Waals surface area contributed by atoms with Gasteiger partial charge in [-0.3, -0.25) is 19.2 Å². The number of rotatable bonds is 12. The molecule has 4 unspecified atom stereocenters. The Balaban J connectivity index is 4.61. The van der Waals surface area contributed by atoms with Crippen LogP contribution in [0.4, 0.5) is 0 Å². The number of carboxylic acids is 1. The van der Waals surface area contributed by atoms with E-state index < -0.39 is 53.8 Å². The van der Waals surface area contributed by atoms with Crippen LogP contribution in [-0.4, -0.2) is 58.9 Å². The minimum atomic E-state index is -1.16. The van der Waals surface area contributed by atoms with Crippen molar-refractivity contribution in [1.82, 2.24) is 16.0 Å². The average Bonchev–Trinajstić information content (AvgIpc) is 2.57. The molecule has 28 heavy (non-hydrogen) atoms. The first kappa shape index (κ1) is 25.3. The second-order valence-corrected chi connectivity index (χ2v) is 7.10. The van der Waals surface area contributed by atoms with Crippen LogP contribution >= 0.6 is 0 Å². The fourth-order valence-corrected chi connectivity index (χ4v) is 2.21. The number of hydrogen-bond acceptors (Lipinski definition) is 6. The third-order valence-corrected chi connectivity index (χ3v) is 3.86. The van der Waals surface area contributed by atoms with E-state index in [9.17, 15) is 24.0 Å². The number of nitrogens with one attached hydrogen (secondary N) is 3. The lowest BCUT2D eigenvalue weighted by atomic mass is 10.0. The zero-order chi connectivity index (χ0) is 22.0. The van der Waals surface area contributed by atoms with E-state index in [0.29, 0.717) is 0 Å². The molecule has 0 fully saturated rings. The Bertz CT molecular complexity index is 595. The van der Waals surface area contributed by atoms with Crippen molar-refractivity contribution in [2.45, 2.75) is 71.1 Å². The fourth-order valence-electron chi connectivity index (χ4n) is 2.21. The summed E-state index contributed by atoms with van der Waals surface area (Å²) < 4.78 is 0. The molecule has 0 saturated heterocycles. The Hall–Kier alpha value is -2.69. The molecule has 0 aromatic carbocycles. The second kappa shape index (κ2) is 11.9. The third kappa shape index (κ3) is 9.86. The van der Waals surface area contributed by atoms with Crippen molar-refractivity contribution < 1.29 is 29.1 Å². The van der Waals surface area contributed by atoms with Gasteiger partial charge in [0.2, 0.25) is 23.6 Å². The number of carbonyl (C=O) groups is 5. The highest BCUT2D eigenvalue weighted by molar-refractivity contribution is 5.93. The summed E-state index contributed by atoms with van der Waals surface area (Å²) in [6.45, 7) is 6.45. The van der Waals surface area contributed by atoms with E-state index >= 15 is 0 Å². The Labute approximate surface area is 164 Å². The van der Waals surface area contributed by atoms with Crippen LogP contribution in [0.3, 0.4) is 0 Å². The SMILES string of the molecule is CC(C)CC(NC(=O)C(C)NC(=O)C(C)NC(=O)C(N)CCC(N)=O)C(=O)O. The minimum Gasteiger partial charge on any atom is -0.480 e. The molecule has 0 aliphatic carbocycles. The molecule has 4 atom stereocenters. The van der Waals surface area contributed by atoms with Crippen LogP contribution in [0.1, 0.15) is 47.0 Å². The summed E-state index contributed by atoms with van der Waals surface area (Å²) >= 11 is 0. The van der Waals surface area contributed by atoms with E-state index in [4.69, 9.17) is 16.6 Å². The molecule has 11 heteroatoms. The lowest BCUT2D eigenvalue weighted by Gasteiger charge is -2.22. The lowest BCUT2D eigenvalue weighted by molar-refractivity contribution is -0.142. The van der Waals surface area contributed by atoms with Gasteiger partial charge in [-0.15, -0.1) is 0 Å². The summed E-state index contributed by atoms with van der Waals surface area (Å²) in [4.78, 5) is 58.1. The average molecular weight is 401 g/mol. The van der Waals surface area contributed by atoms with Crippen LogP contribution in [0.15, 0.2) is 0 Å². The van der Waals surface area contributed by atoms with Gasteiger partial charge in [-0.25, -0.2) is 4.79 Å². The smallest absolute Gasteiger partial charge is 0.326 e. The van der Waals surface area contributed by atoms with E-state index in [-0.39, 0.29) is 25.2 Å². The first-order valence-corrected chi connectivity index (χ1v) is 9.02. The molecule has 0 aromatic heterocycles. The van der Waals surface area contributed by atoms with E-state index in [1.807, 2.05) is 13.8 Å². The van der Waals surface area contributed by atoms with Gasteiger partial charge in [0.05, 0.1) is 6.04 Å². The standard InChI is InChI=1S/C17H31N5O6/c1-8(2)7-12(17(27)28)22-15(25)10(4)20-14(24)9(3)21-16(26)11(18)5-6-13(19)23/h8-12H,5-7,18H2,1-4H3,(H2,19,23)(H,20,24)(H,21,26)(H,22,25)(H,27,28). The van der Waals surface area contributed by atoms with Gasteiger partial charge in [0.25, 0.3) is 0 Å². The van der Waals surface area contributed by atoms with Gasteiger partial charge in [0.15, 0.2) is 0 Å². The van der Waals surface area contributed by atoms with Crippen LogP contribution in [0, 0.1) is 5.92 Å². The van der Waals surface area contributed by atoms with Crippen molar-refractivity contribution in [2.24, 2.45) is 17.4 Å². The van der Waals surface area contributed by atoms with Crippen molar-refractivity contribution in [3.8, 4) is 0 Å². The molecule has 0 bridgehead atoms. The van der Waals surface area contributed by atoms with Crippen molar-refractivity contribution in [1.29, 1.82) is 0 Å². The molecule has 0 saturated carbocycles. The van der Waals surface area contributed by atoms with Crippen molar-refractivity contribution in [3.05, 3.63) is 0 Å². The first-order chi connectivity index (χ1) is 12.8. The highest BCUT2D eigenvalue weighted by atomic mass is 16.4. The molecule has 0 aliphatic heterocycles. The maximum atomic E-state index is 12.1. The summed E-state index contributed by atoms with van der Waals surface area (Å²) in [7, 11) is 0. The van der Waals surface area contributed by atoms with Crippen LogP contribution in [0.2, 0.25) is 0 Å². The number of hydrogen-bond donors (Lipinski definition) is 6. The molecular weight excluding hydrogens is 370 g/mol.